The van der Waals surface area contributed by atoms with Crippen LogP contribution in [0.2, 0.25) is 0 Å². The summed E-state index contributed by atoms with van der Waals surface area (Å²) in [6, 6.07) is 7.47. The minimum absolute atomic E-state index is 0.0937. The first-order chi connectivity index (χ1) is 10.1. The number of benzene rings is 1. The quantitative estimate of drug-likeness (QED) is 0.852. The van der Waals surface area contributed by atoms with E-state index in [-0.39, 0.29) is 17.7 Å². The highest BCUT2D eigenvalue weighted by molar-refractivity contribution is 5.92. The standard InChI is InChI=1S/C16H20N2O3/c1-21-14-6-2-4-12(10-14)7-8-15(19)18-9-3-5-13(11-18)16(17)20/h2,4,6-8,10,13H,3,5,9,11H2,1H3,(H2,17,20)/b8-7+. The van der Waals surface area contributed by atoms with E-state index in [0.29, 0.717) is 13.1 Å². The van der Waals surface area contributed by atoms with E-state index in [1.807, 2.05) is 24.3 Å². The lowest BCUT2D eigenvalue weighted by Crippen LogP contribution is -2.43. The number of methoxy groups -OCH3 is 1. The molecule has 1 aliphatic heterocycles. The van der Waals surface area contributed by atoms with Gasteiger partial charge in [0.1, 0.15) is 5.75 Å². The lowest BCUT2D eigenvalue weighted by Gasteiger charge is -2.30. The van der Waals surface area contributed by atoms with E-state index < -0.39 is 0 Å². The van der Waals surface area contributed by atoms with Crippen molar-refractivity contribution in [3.05, 3.63) is 35.9 Å². The minimum Gasteiger partial charge on any atom is -0.497 e. The van der Waals surface area contributed by atoms with E-state index in [0.717, 1.165) is 24.2 Å². The average Bonchev–Trinajstić information content (AvgIpc) is 2.53. The van der Waals surface area contributed by atoms with Crippen LogP contribution in [0.3, 0.4) is 0 Å². The molecule has 0 aliphatic carbocycles. The van der Waals surface area contributed by atoms with E-state index in [1.165, 1.54) is 6.08 Å². The van der Waals surface area contributed by atoms with Gasteiger partial charge in [-0.15, -0.1) is 0 Å². The summed E-state index contributed by atoms with van der Waals surface area (Å²) >= 11 is 0. The number of nitrogens with two attached hydrogens (primary N) is 1. The van der Waals surface area contributed by atoms with Crippen molar-refractivity contribution >= 4 is 17.9 Å². The Morgan fingerprint density at radius 3 is 2.95 bits per heavy atom. The molecule has 1 fully saturated rings. The number of primary amides is 1. The molecule has 112 valence electrons. The summed E-state index contributed by atoms with van der Waals surface area (Å²) in [6.07, 6.45) is 4.85. The van der Waals surface area contributed by atoms with Gasteiger partial charge in [0.25, 0.3) is 0 Å². The molecule has 2 rings (SSSR count). The maximum absolute atomic E-state index is 12.1. The molecular formula is C16H20N2O3. The number of carbonyl (C=O) groups excluding carboxylic acids is 2. The Labute approximate surface area is 124 Å². The number of hydrogen-bond donors (Lipinski definition) is 1. The van der Waals surface area contributed by atoms with Crippen molar-refractivity contribution in [2.24, 2.45) is 11.7 Å². The molecule has 0 spiro atoms. The van der Waals surface area contributed by atoms with Crippen molar-refractivity contribution in [2.45, 2.75) is 12.8 Å². The smallest absolute Gasteiger partial charge is 0.246 e. The molecule has 2 amide bonds. The van der Waals surface area contributed by atoms with Crippen molar-refractivity contribution in [3.8, 4) is 5.75 Å². The lowest BCUT2D eigenvalue weighted by atomic mass is 9.97. The monoisotopic (exact) mass is 288 g/mol. The largest absolute Gasteiger partial charge is 0.497 e. The zero-order valence-corrected chi connectivity index (χ0v) is 12.1. The van der Waals surface area contributed by atoms with E-state index in [4.69, 9.17) is 10.5 Å². The third-order valence-electron chi connectivity index (χ3n) is 3.65. The van der Waals surface area contributed by atoms with Gasteiger partial charge in [0.2, 0.25) is 11.8 Å². The maximum Gasteiger partial charge on any atom is 0.246 e. The SMILES string of the molecule is COc1cccc(/C=C/C(=O)N2CCCC(C(N)=O)C2)c1. The van der Waals surface area contributed by atoms with E-state index >= 15 is 0 Å². The van der Waals surface area contributed by atoms with Crippen LogP contribution in [0.15, 0.2) is 30.3 Å². The Morgan fingerprint density at radius 2 is 2.24 bits per heavy atom. The molecule has 0 bridgehead atoms. The second kappa shape index (κ2) is 6.92. The van der Waals surface area contributed by atoms with Gasteiger partial charge in [0.05, 0.1) is 13.0 Å². The number of likely N-dealkylation sites (tertiary alicyclic amines) is 1. The van der Waals surface area contributed by atoms with Gasteiger partial charge in [-0.25, -0.2) is 0 Å². The molecule has 1 aromatic carbocycles. The summed E-state index contributed by atoms with van der Waals surface area (Å²) in [5.41, 5.74) is 6.21. The van der Waals surface area contributed by atoms with Gasteiger partial charge in [-0.2, -0.15) is 0 Å². The van der Waals surface area contributed by atoms with E-state index in [2.05, 4.69) is 0 Å². The number of hydrogen-bond acceptors (Lipinski definition) is 3. The molecule has 0 radical (unpaired) electrons. The van der Waals surface area contributed by atoms with Crippen LogP contribution in [0, 0.1) is 5.92 Å². The number of amides is 2. The maximum atomic E-state index is 12.1. The highest BCUT2D eigenvalue weighted by atomic mass is 16.5. The highest BCUT2D eigenvalue weighted by Crippen LogP contribution is 2.17. The van der Waals surface area contributed by atoms with Gasteiger partial charge in [-0.3, -0.25) is 9.59 Å². The van der Waals surface area contributed by atoms with Crippen LogP contribution in [0.25, 0.3) is 6.08 Å². The van der Waals surface area contributed by atoms with Gasteiger partial charge in [0, 0.05) is 19.2 Å². The number of rotatable bonds is 4. The van der Waals surface area contributed by atoms with Gasteiger partial charge >= 0.3 is 0 Å². The fourth-order valence-corrected chi connectivity index (χ4v) is 2.43. The molecule has 1 aliphatic rings. The number of ether oxygens (including phenoxy) is 1. The fourth-order valence-electron chi connectivity index (χ4n) is 2.43. The molecule has 1 saturated heterocycles. The summed E-state index contributed by atoms with van der Waals surface area (Å²) in [7, 11) is 1.60. The summed E-state index contributed by atoms with van der Waals surface area (Å²) < 4.78 is 5.14. The first-order valence-corrected chi connectivity index (χ1v) is 7.00. The third-order valence-corrected chi connectivity index (χ3v) is 3.65. The second-order valence-corrected chi connectivity index (χ2v) is 5.14. The van der Waals surface area contributed by atoms with Crippen molar-refractivity contribution in [1.82, 2.24) is 4.90 Å². The van der Waals surface area contributed by atoms with E-state index in [9.17, 15) is 9.59 Å². The van der Waals surface area contributed by atoms with Crippen molar-refractivity contribution < 1.29 is 14.3 Å². The average molecular weight is 288 g/mol. The van der Waals surface area contributed by atoms with Crippen LogP contribution in [0.4, 0.5) is 0 Å². The molecule has 0 saturated carbocycles. The summed E-state index contributed by atoms with van der Waals surface area (Å²) in [6.45, 7) is 1.09. The molecular weight excluding hydrogens is 268 g/mol. The number of nitrogens with zero attached hydrogens (tertiary/aromatic N) is 1. The van der Waals surface area contributed by atoms with Gasteiger partial charge < -0.3 is 15.4 Å². The molecule has 5 heteroatoms. The minimum atomic E-state index is -0.329. The summed E-state index contributed by atoms with van der Waals surface area (Å²) in [5.74, 6) is 0.0947. The molecule has 1 heterocycles. The fraction of sp³-hybridized carbons (Fsp3) is 0.375. The Balaban J connectivity index is 1.99. The number of carbonyl (C=O) groups is 2. The van der Waals surface area contributed by atoms with Crippen LogP contribution in [0.5, 0.6) is 5.75 Å². The van der Waals surface area contributed by atoms with Gasteiger partial charge in [-0.1, -0.05) is 12.1 Å². The zero-order chi connectivity index (χ0) is 15.2. The predicted octanol–water partition coefficient (Wildman–Crippen LogP) is 1.43. The Morgan fingerprint density at radius 1 is 1.43 bits per heavy atom. The zero-order valence-electron chi connectivity index (χ0n) is 12.1. The Bertz CT molecular complexity index is 554. The molecule has 1 unspecified atom stereocenters. The predicted molar refractivity (Wildman–Crippen MR) is 80.5 cm³/mol. The highest BCUT2D eigenvalue weighted by Gasteiger charge is 2.25. The first kappa shape index (κ1) is 15.1. The van der Waals surface area contributed by atoms with Crippen molar-refractivity contribution in [3.63, 3.8) is 0 Å². The molecule has 5 nitrogen and oxygen atoms in total. The van der Waals surface area contributed by atoms with Crippen molar-refractivity contribution in [2.75, 3.05) is 20.2 Å². The van der Waals surface area contributed by atoms with Crippen LogP contribution in [-0.2, 0) is 9.59 Å². The second-order valence-electron chi connectivity index (χ2n) is 5.14. The Kier molecular flexibility index (Phi) is 4.98. The Hall–Kier alpha value is -2.30. The normalized spacial score (nSPS) is 18.7. The lowest BCUT2D eigenvalue weighted by molar-refractivity contribution is -0.130. The van der Waals surface area contributed by atoms with Crippen LogP contribution >= 0.6 is 0 Å². The molecule has 1 atom stereocenters. The van der Waals surface area contributed by atoms with Crippen LogP contribution in [-0.4, -0.2) is 36.9 Å². The molecule has 1 aromatic rings. The molecule has 0 aromatic heterocycles. The van der Waals surface area contributed by atoms with Crippen LogP contribution in [0.1, 0.15) is 18.4 Å². The van der Waals surface area contributed by atoms with Gasteiger partial charge in [0.15, 0.2) is 0 Å². The number of piperidine rings is 1. The first-order valence-electron chi connectivity index (χ1n) is 7.00. The molecule has 2 N–H and O–H groups in total. The third kappa shape index (κ3) is 4.08. The van der Waals surface area contributed by atoms with Crippen LogP contribution < -0.4 is 10.5 Å². The molecule has 21 heavy (non-hydrogen) atoms. The van der Waals surface area contributed by atoms with Crippen molar-refractivity contribution in [1.29, 1.82) is 0 Å². The topological polar surface area (TPSA) is 72.6 Å². The summed E-state index contributed by atoms with van der Waals surface area (Å²) in [5, 5.41) is 0. The summed E-state index contributed by atoms with van der Waals surface area (Å²) in [4.78, 5) is 25.1. The van der Waals surface area contributed by atoms with Gasteiger partial charge in [-0.05, 0) is 36.6 Å². The van der Waals surface area contributed by atoms with E-state index in [1.54, 1.807) is 18.1 Å².